The fraction of sp³-hybridized carbons (Fsp3) is 0.391. The zero-order valence-corrected chi connectivity index (χ0v) is 22.0. The fourth-order valence-corrected chi connectivity index (χ4v) is 5.91. The lowest BCUT2D eigenvalue weighted by Gasteiger charge is -2.27. The summed E-state index contributed by atoms with van der Waals surface area (Å²) >= 11 is 12.1. The highest BCUT2D eigenvalue weighted by atomic mass is 35.5. The number of carbonyl (C=O) groups excluding carboxylic acids is 2. The molecule has 2 aromatic rings. The van der Waals surface area contributed by atoms with Crippen LogP contribution in [0.4, 0.5) is 16.2 Å². The second-order valence-corrected chi connectivity index (χ2v) is 11.7. The number of anilines is 2. The molecule has 12 heteroatoms. The number of fused-ring (bicyclic) bond motifs is 1. The molecule has 1 heterocycles. The maximum absolute atomic E-state index is 13.7. The lowest BCUT2D eigenvalue weighted by Crippen LogP contribution is -2.39. The number of aliphatic hydroxyl groups excluding tert-OH is 1. The van der Waals surface area contributed by atoms with E-state index in [0.717, 1.165) is 4.31 Å². The zero-order valence-electron chi connectivity index (χ0n) is 19.7. The number of rotatable bonds is 6. The molecule has 3 rings (SSSR count). The van der Waals surface area contributed by atoms with Crippen LogP contribution in [-0.4, -0.2) is 57.9 Å². The number of esters is 1. The van der Waals surface area contributed by atoms with Crippen molar-refractivity contribution in [2.24, 2.45) is 0 Å². The van der Waals surface area contributed by atoms with Crippen LogP contribution in [0.2, 0.25) is 10.0 Å². The third-order valence-electron chi connectivity index (χ3n) is 5.23. The number of urea groups is 1. The van der Waals surface area contributed by atoms with E-state index in [1.165, 1.54) is 36.2 Å². The number of carbonyl (C=O) groups is 2. The second-order valence-electron chi connectivity index (χ2n) is 8.99. The molecule has 0 saturated carbocycles. The second kappa shape index (κ2) is 10.2. The first kappa shape index (κ1) is 27.1. The molecule has 190 valence electrons. The van der Waals surface area contributed by atoms with Gasteiger partial charge in [-0.3, -0.25) is 14.0 Å². The Morgan fingerprint density at radius 3 is 2.34 bits per heavy atom. The highest BCUT2D eigenvalue weighted by Gasteiger charge is 2.35. The van der Waals surface area contributed by atoms with Crippen LogP contribution in [0.3, 0.4) is 0 Å². The summed E-state index contributed by atoms with van der Waals surface area (Å²) in [7, 11) is -2.82. The molecule has 0 saturated heterocycles. The molecule has 0 aromatic heterocycles. The van der Waals surface area contributed by atoms with Gasteiger partial charge in [0.2, 0.25) is 0 Å². The van der Waals surface area contributed by atoms with Gasteiger partial charge in [-0.25, -0.2) is 13.2 Å². The Bertz CT molecular complexity index is 1230. The van der Waals surface area contributed by atoms with E-state index < -0.39 is 34.1 Å². The summed E-state index contributed by atoms with van der Waals surface area (Å²) in [6.45, 7) is 4.37. The fourth-order valence-electron chi connectivity index (χ4n) is 3.78. The number of halogens is 2. The number of hydrogen-bond donors (Lipinski definition) is 2. The Morgan fingerprint density at radius 2 is 1.80 bits per heavy atom. The summed E-state index contributed by atoms with van der Waals surface area (Å²) in [5.74, 6) is -1.20. The van der Waals surface area contributed by atoms with Crippen molar-refractivity contribution in [1.29, 1.82) is 0 Å². The minimum Gasteiger partial charge on any atom is -0.459 e. The van der Waals surface area contributed by atoms with E-state index in [9.17, 15) is 23.1 Å². The lowest BCUT2D eigenvalue weighted by atomic mass is 10.0. The van der Waals surface area contributed by atoms with Crippen LogP contribution in [0, 0.1) is 0 Å². The van der Waals surface area contributed by atoms with Crippen molar-refractivity contribution < 1.29 is 27.9 Å². The number of sulfonamides is 1. The van der Waals surface area contributed by atoms with Crippen LogP contribution in [0.15, 0.2) is 41.3 Å². The van der Waals surface area contributed by atoms with Crippen LogP contribution in [0.25, 0.3) is 0 Å². The van der Waals surface area contributed by atoms with Gasteiger partial charge < -0.3 is 15.2 Å². The van der Waals surface area contributed by atoms with Gasteiger partial charge in [-0.05, 0) is 62.7 Å². The van der Waals surface area contributed by atoms with Gasteiger partial charge in [-0.15, -0.1) is 0 Å². The van der Waals surface area contributed by atoms with Crippen molar-refractivity contribution in [3.8, 4) is 0 Å². The number of amides is 2. The van der Waals surface area contributed by atoms with Gasteiger partial charge in [0.25, 0.3) is 10.0 Å². The molecular formula is C23H27Cl2N3O6S. The predicted octanol–water partition coefficient (Wildman–Crippen LogP) is 3.77. The van der Waals surface area contributed by atoms with Crippen LogP contribution in [0.5, 0.6) is 0 Å². The quantitative estimate of drug-likeness (QED) is 0.535. The maximum atomic E-state index is 13.7. The third kappa shape index (κ3) is 6.00. The Labute approximate surface area is 214 Å². The van der Waals surface area contributed by atoms with Gasteiger partial charge in [-0.2, -0.15) is 0 Å². The molecular weight excluding hydrogens is 517 g/mol. The van der Waals surface area contributed by atoms with Crippen molar-refractivity contribution in [2.75, 3.05) is 35.9 Å². The number of hydrogen-bond acceptors (Lipinski definition) is 6. The monoisotopic (exact) mass is 543 g/mol. The Morgan fingerprint density at radius 1 is 1.17 bits per heavy atom. The van der Waals surface area contributed by atoms with Crippen molar-refractivity contribution in [3.05, 3.63) is 52.0 Å². The summed E-state index contributed by atoms with van der Waals surface area (Å²) in [4.78, 5) is 26.2. The zero-order chi connectivity index (χ0) is 26.1. The van der Waals surface area contributed by atoms with E-state index in [1.54, 1.807) is 32.9 Å². The molecule has 0 fully saturated rings. The largest absolute Gasteiger partial charge is 0.459 e. The van der Waals surface area contributed by atoms with Gasteiger partial charge in [0, 0.05) is 35.2 Å². The van der Waals surface area contributed by atoms with E-state index in [-0.39, 0.29) is 39.8 Å². The third-order valence-corrected chi connectivity index (χ3v) is 7.42. The first-order chi connectivity index (χ1) is 16.3. The molecule has 1 aliphatic rings. The van der Waals surface area contributed by atoms with Crippen LogP contribution >= 0.6 is 23.2 Å². The van der Waals surface area contributed by atoms with Gasteiger partial charge in [0.1, 0.15) is 12.1 Å². The molecule has 1 unspecified atom stereocenters. The van der Waals surface area contributed by atoms with E-state index in [2.05, 4.69) is 5.32 Å². The average Bonchev–Trinajstić information content (AvgIpc) is 3.13. The van der Waals surface area contributed by atoms with Crippen LogP contribution in [-0.2, 0) is 19.6 Å². The minimum absolute atomic E-state index is 0.115. The van der Waals surface area contributed by atoms with E-state index in [1.807, 2.05) is 0 Å². The highest BCUT2D eigenvalue weighted by molar-refractivity contribution is 7.92. The SMILES string of the molecule is CNC(=O)N1CC(CO)c2cc(N(CC(=O)OC(C)(C)C)S(=O)(=O)c3cc(Cl)cc(Cl)c3)ccc21. The number of ether oxygens (including phenoxy) is 1. The Kier molecular flexibility index (Phi) is 7.90. The lowest BCUT2D eigenvalue weighted by molar-refractivity contribution is -0.152. The molecule has 0 aliphatic carbocycles. The average molecular weight is 544 g/mol. The van der Waals surface area contributed by atoms with E-state index >= 15 is 0 Å². The summed E-state index contributed by atoms with van der Waals surface area (Å²) in [6, 6.07) is 8.13. The van der Waals surface area contributed by atoms with Crippen molar-refractivity contribution >= 4 is 56.6 Å². The molecule has 0 radical (unpaired) electrons. The summed E-state index contributed by atoms with van der Waals surface area (Å²) in [6.07, 6.45) is 0. The topological polar surface area (TPSA) is 116 Å². The summed E-state index contributed by atoms with van der Waals surface area (Å²) < 4.78 is 33.6. The first-order valence-corrected chi connectivity index (χ1v) is 12.9. The molecule has 0 spiro atoms. The standard InChI is InChI=1S/C23H27Cl2N3O6S/c1-23(2,3)34-21(30)12-28(35(32,33)18-8-15(24)7-16(25)9-18)17-5-6-20-19(10-17)14(13-29)11-27(20)22(31)26-4/h5-10,14,29H,11-13H2,1-4H3,(H,26,31). The normalized spacial score (nSPS) is 15.5. The predicted molar refractivity (Wildman–Crippen MR) is 135 cm³/mol. The van der Waals surface area contributed by atoms with Gasteiger partial charge in [0.05, 0.1) is 17.2 Å². The number of nitrogens with zero attached hydrogens (tertiary/aromatic N) is 2. The Balaban J connectivity index is 2.12. The molecule has 9 nitrogen and oxygen atoms in total. The number of aliphatic hydroxyl groups is 1. The Hall–Kier alpha value is -2.53. The van der Waals surface area contributed by atoms with Gasteiger partial charge >= 0.3 is 12.0 Å². The number of nitrogens with one attached hydrogen (secondary N) is 1. The van der Waals surface area contributed by atoms with Crippen molar-refractivity contribution in [2.45, 2.75) is 37.2 Å². The molecule has 2 aromatic carbocycles. The molecule has 2 amide bonds. The molecule has 2 N–H and O–H groups in total. The molecule has 0 bridgehead atoms. The van der Waals surface area contributed by atoms with E-state index in [4.69, 9.17) is 27.9 Å². The molecule has 1 atom stereocenters. The van der Waals surface area contributed by atoms with E-state index in [0.29, 0.717) is 11.3 Å². The summed E-state index contributed by atoms with van der Waals surface area (Å²) in [5, 5.41) is 12.7. The van der Waals surface area contributed by atoms with Crippen molar-refractivity contribution in [1.82, 2.24) is 5.32 Å². The maximum Gasteiger partial charge on any atom is 0.327 e. The van der Waals surface area contributed by atoms with Gasteiger partial charge in [0.15, 0.2) is 0 Å². The first-order valence-electron chi connectivity index (χ1n) is 10.7. The van der Waals surface area contributed by atoms with Crippen molar-refractivity contribution in [3.63, 3.8) is 0 Å². The molecule has 1 aliphatic heterocycles. The molecule has 35 heavy (non-hydrogen) atoms. The number of benzene rings is 2. The smallest absolute Gasteiger partial charge is 0.327 e. The minimum atomic E-state index is -4.32. The van der Waals surface area contributed by atoms with Gasteiger partial charge in [-0.1, -0.05) is 23.2 Å². The van der Waals surface area contributed by atoms with Crippen LogP contribution < -0.4 is 14.5 Å². The highest BCUT2D eigenvalue weighted by Crippen LogP contribution is 2.40. The summed E-state index contributed by atoms with van der Waals surface area (Å²) in [5.41, 5.74) is 0.428. The van der Waals surface area contributed by atoms with Crippen LogP contribution in [0.1, 0.15) is 32.3 Å².